The smallest absolute Gasteiger partial charge is 0.396 e. The first-order chi connectivity index (χ1) is 8.13. The van der Waals surface area contributed by atoms with Gasteiger partial charge < -0.3 is 15.2 Å². The fourth-order valence-electron chi connectivity index (χ4n) is 1.25. The number of rotatable bonds is 4. The third-order valence-electron chi connectivity index (χ3n) is 2.10. The minimum atomic E-state index is -0.863. The van der Waals surface area contributed by atoms with Gasteiger partial charge in [-0.2, -0.15) is 0 Å². The summed E-state index contributed by atoms with van der Waals surface area (Å²) in [5, 5.41) is 11.5. The molecule has 0 bridgehead atoms. The molecule has 0 atom stereocenters. The van der Waals surface area contributed by atoms with Gasteiger partial charge in [-0.1, -0.05) is 12.1 Å². The van der Waals surface area contributed by atoms with Crippen molar-refractivity contribution in [2.24, 2.45) is 0 Å². The van der Waals surface area contributed by atoms with Crippen LogP contribution in [0.3, 0.4) is 0 Å². The van der Waals surface area contributed by atoms with Gasteiger partial charge >= 0.3 is 11.9 Å². The zero-order chi connectivity index (χ0) is 12.7. The summed E-state index contributed by atoms with van der Waals surface area (Å²) in [6.07, 6.45) is 0.589. The van der Waals surface area contributed by atoms with E-state index in [-0.39, 0.29) is 12.4 Å². The molecule has 0 saturated carbocycles. The Morgan fingerprint density at radius 2 is 1.94 bits per heavy atom. The van der Waals surface area contributed by atoms with Gasteiger partial charge in [0.1, 0.15) is 5.75 Å². The number of aromatic hydroxyl groups is 1. The maximum Gasteiger partial charge on any atom is 0.396 e. The van der Waals surface area contributed by atoms with Crippen molar-refractivity contribution in [2.45, 2.75) is 13.3 Å². The van der Waals surface area contributed by atoms with Crippen molar-refractivity contribution in [3.63, 3.8) is 0 Å². The lowest BCUT2D eigenvalue weighted by Gasteiger charge is -2.04. The molecule has 0 fully saturated rings. The van der Waals surface area contributed by atoms with Crippen molar-refractivity contribution in [3.05, 3.63) is 29.8 Å². The number of phenolic OH excluding ortho intramolecular Hbond substituents is 1. The molecular formula is C12H15NO4. The Balaban J connectivity index is 2.30. The van der Waals surface area contributed by atoms with Crippen molar-refractivity contribution in [3.8, 4) is 5.75 Å². The van der Waals surface area contributed by atoms with Crippen LogP contribution in [0, 0.1) is 0 Å². The number of phenols is 1. The fraction of sp³-hybridized carbons (Fsp3) is 0.333. The van der Waals surface area contributed by atoms with Gasteiger partial charge in [0.05, 0.1) is 6.61 Å². The van der Waals surface area contributed by atoms with Crippen LogP contribution in [0.1, 0.15) is 12.5 Å². The van der Waals surface area contributed by atoms with Crippen LogP contribution in [0.4, 0.5) is 0 Å². The van der Waals surface area contributed by atoms with E-state index >= 15 is 0 Å². The van der Waals surface area contributed by atoms with E-state index in [2.05, 4.69) is 10.1 Å². The number of esters is 1. The largest absolute Gasteiger partial charge is 0.508 e. The SMILES string of the molecule is CCOC(=O)C(=O)NCCc1ccc(O)cc1. The van der Waals surface area contributed by atoms with Crippen LogP contribution in [0.5, 0.6) is 5.75 Å². The van der Waals surface area contributed by atoms with Crippen LogP contribution in [0.15, 0.2) is 24.3 Å². The summed E-state index contributed by atoms with van der Waals surface area (Å²) in [6, 6.07) is 6.66. The lowest BCUT2D eigenvalue weighted by Crippen LogP contribution is -2.33. The minimum absolute atomic E-state index is 0.185. The maximum atomic E-state index is 11.2. The summed E-state index contributed by atoms with van der Waals surface area (Å²) in [5.41, 5.74) is 0.965. The molecule has 92 valence electrons. The Bertz CT molecular complexity index is 386. The third-order valence-corrected chi connectivity index (χ3v) is 2.10. The minimum Gasteiger partial charge on any atom is -0.508 e. The average molecular weight is 237 g/mol. The molecule has 0 aliphatic rings. The van der Waals surface area contributed by atoms with Crippen LogP contribution in [-0.2, 0) is 20.7 Å². The summed E-state index contributed by atoms with van der Waals surface area (Å²) in [4.78, 5) is 22.1. The van der Waals surface area contributed by atoms with E-state index in [1.807, 2.05) is 0 Å². The third kappa shape index (κ3) is 4.55. The molecule has 1 aromatic carbocycles. The number of carbonyl (C=O) groups excluding carboxylic acids is 2. The summed E-state index contributed by atoms with van der Waals surface area (Å²) in [7, 11) is 0. The van der Waals surface area contributed by atoms with E-state index in [1.54, 1.807) is 31.2 Å². The van der Waals surface area contributed by atoms with E-state index < -0.39 is 11.9 Å². The van der Waals surface area contributed by atoms with Crippen LogP contribution < -0.4 is 5.32 Å². The summed E-state index contributed by atoms with van der Waals surface area (Å²) >= 11 is 0. The van der Waals surface area contributed by atoms with Crippen LogP contribution in [0.25, 0.3) is 0 Å². The zero-order valence-corrected chi connectivity index (χ0v) is 9.60. The first-order valence-corrected chi connectivity index (χ1v) is 5.36. The van der Waals surface area contributed by atoms with E-state index in [1.165, 1.54) is 0 Å². The molecule has 1 rings (SSSR count). The Hall–Kier alpha value is -2.04. The molecule has 0 radical (unpaired) electrons. The number of nitrogens with one attached hydrogen (secondary N) is 1. The van der Waals surface area contributed by atoms with E-state index in [4.69, 9.17) is 5.11 Å². The number of amides is 1. The van der Waals surface area contributed by atoms with Gasteiger partial charge in [-0.15, -0.1) is 0 Å². The first kappa shape index (κ1) is 13.0. The number of benzene rings is 1. The van der Waals surface area contributed by atoms with E-state index in [9.17, 15) is 9.59 Å². The molecule has 0 aromatic heterocycles. The average Bonchev–Trinajstić information content (AvgIpc) is 2.32. The molecule has 0 spiro atoms. The Morgan fingerprint density at radius 3 is 2.53 bits per heavy atom. The van der Waals surface area contributed by atoms with Gasteiger partial charge in [0.25, 0.3) is 0 Å². The molecule has 0 saturated heterocycles. The van der Waals surface area contributed by atoms with Crippen molar-refractivity contribution in [1.29, 1.82) is 0 Å². The standard InChI is InChI=1S/C12H15NO4/c1-2-17-12(16)11(15)13-8-7-9-3-5-10(14)6-4-9/h3-6,14H,2,7-8H2,1H3,(H,13,15). The van der Waals surface area contributed by atoms with Crippen LogP contribution in [0.2, 0.25) is 0 Å². The van der Waals surface area contributed by atoms with E-state index in [0.29, 0.717) is 13.0 Å². The number of carbonyl (C=O) groups is 2. The van der Waals surface area contributed by atoms with Gasteiger partial charge in [0, 0.05) is 6.54 Å². The van der Waals surface area contributed by atoms with Crippen molar-refractivity contribution in [2.75, 3.05) is 13.2 Å². The molecule has 0 aliphatic heterocycles. The Morgan fingerprint density at radius 1 is 1.29 bits per heavy atom. The quantitative estimate of drug-likeness (QED) is 0.594. The number of ether oxygens (including phenoxy) is 1. The molecule has 1 amide bonds. The van der Waals surface area contributed by atoms with Crippen molar-refractivity contribution >= 4 is 11.9 Å². The number of hydrogen-bond acceptors (Lipinski definition) is 4. The second kappa shape index (κ2) is 6.52. The summed E-state index contributed by atoms with van der Waals surface area (Å²) in [5.74, 6) is -1.40. The predicted octanol–water partition coefficient (Wildman–Crippen LogP) is 0.614. The molecule has 0 heterocycles. The predicted molar refractivity (Wildman–Crippen MR) is 61.5 cm³/mol. The second-order valence-corrected chi connectivity index (χ2v) is 3.39. The van der Waals surface area contributed by atoms with Crippen molar-refractivity contribution < 1.29 is 19.4 Å². The molecule has 2 N–H and O–H groups in total. The summed E-state index contributed by atoms with van der Waals surface area (Å²) in [6.45, 7) is 2.17. The van der Waals surface area contributed by atoms with Gasteiger partial charge in [-0.05, 0) is 31.0 Å². The molecule has 5 nitrogen and oxygen atoms in total. The normalized spacial score (nSPS) is 9.71. The lowest BCUT2D eigenvalue weighted by atomic mass is 10.1. The maximum absolute atomic E-state index is 11.2. The molecule has 1 aromatic rings. The zero-order valence-electron chi connectivity index (χ0n) is 9.60. The highest BCUT2D eigenvalue weighted by atomic mass is 16.5. The van der Waals surface area contributed by atoms with Gasteiger partial charge in [0.2, 0.25) is 0 Å². The molecule has 5 heteroatoms. The summed E-state index contributed by atoms with van der Waals surface area (Å²) < 4.78 is 4.54. The van der Waals surface area contributed by atoms with Gasteiger partial charge in [-0.3, -0.25) is 4.79 Å². The fourth-order valence-corrected chi connectivity index (χ4v) is 1.25. The molecule has 0 aliphatic carbocycles. The van der Waals surface area contributed by atoms with Gasteiger partial charge in [-0.25, -0.2) is 4.79 Å². The van der Waals surface area contributed by atoms with Crippen molar-refractivity contribution in [1.82, 2.24) is 5.32 Å². The van der Waals surface area contributed by atoms with Crippen LogP contribution in [-0.4, -0.2) is 30.1 Å². The highest BCUT2D eigenvalue weighted by Gasteiger charge is 2.13. The topological polar surface area (TPSA) is 75.6 Å². The Labute approximate surface area is 99.4 Å². The second-order valence-electron chi connectivity index (χ2n) is 3.39. The van der Waals surface area contributed by atoms with Crippen LogP contribution >= 0.6 is 0 Å². The molecule has 0 unspecified atom stereocenters. The first-order valence-electron chi connectivity index (χ1n) is 5.36. The Kier molecular flexibility index (Phi) is 5.00. The number of hydrogen-bond donors (Lipinski definition) is 2. The van der Waals surface area contributed by atoms with Gasteiger partial charge in [0.15, 0.2) is 0 Å². The highest BCUT2D eigenvalue weighted by Crippen LogP contribution is 2.09. The monoisotopic (exact) mass is 237 g/mol. The van der Waals surface area contributed by atoms with E-state index in [0.717, 1.165) is 5.56 Å². The molecule has 17 heavy (non-hydrogen) atoms. The highest BCUT2D eigenvalue weighted by molar-refractivity contribution is 6.32. The lowest BCUT2D eigenvalue weighted by molar-refractivity contribution is -0.154. The molecular weight excluding hydrogens is 222 g/mol.